The summed E-state index contributed by atoms with van der Waals surface area (Å²) >= 11 is 2.03. The lowest BCUT2D eigenvalue weighted by Gasteiger charge is -2.24. The van der Waals surface area contributed by atoms with Crippen molar-refractivity contribution in [1.82, 2.24) is 0 Å². The quantitative estimate of drug-likeness (QED) is 0.880. The van der Waals surface area contributed by atoms with Gasteiger partial charge in [0.05, 0.1) is 0 Å². The van der Waals surface area contributed by atoms with Gasteiger partial charge in [0.1, 0.15) is 0 Å². The van der Waals surface area contributed by atoms with Crippen LogP contribution in [-0.4, -0.2) is 23.5 Å². The Balaban J connectivity index is 2.07. The molecule has 2 rings (SSSR count). The summed E-state index contributed by atoms with van der Waals surface area (Å²) in [6.07, 6.45) is 2.43. The average molecular weight is 264 g/mol. The molecule has 0 atom stereocenters. The Morgan fingerprint density at radius 1 is 1.33 bits per heavy atom. The molecule has 1 saturated heterocycles. The first-order valence-electron chi connectivity index (χ1n) is 6.37. The minimum absolute atomic E-state index is 0.0288. The van der Waals surface area contributed by atoms with Crippen molar-refractivity contribution in [1.29, 1.82) is 0 Å². The molecular formula is C14H20N2OS. The van der Waals surface area contributed by atoms with Gasteiger partial charge < -0.3 is 10.6 Å². The zero-order valence-corrected chi connectivity index (χ0v) is 11.8. The van der Waals surface area contributed by atoms with E-state index in [0.29, 0.717) is 6.04 Å². The lowest BCUT2D eigenvalue weighted by Crippen LogP contribution is -2.24. The second-order valence-corrected chi connectivity index (χ2v) is 5.97. The van der Waals surface area contributed by atoms with E-state index in [1.54, 1.807) is 0 Å². The van der Waals surface area contributed by atoms with Crippen molar-refractivity contribution in [2.75, 3.05) is 22.1 Å². The highest BCUT2D eigenvalue weighted by atomic mass is 32.2. The van der Waals surface area contributed by atoms with Crippen molar-refractivity contribution in [2.45, 2.75) is 32.7 Å². The molecule has 2 N–H and O–H groups in total. The van der Waals surface area contributed by atoms with E-state index >= 15 is 0 Å². The molecule has 98 valence electrons. The maximum absolute atomic E-state index is 11.1. The van der Waals surface area contributed by atoms with Crippen LogP contribution in [0.5, 0.6) is 0 Å². The van der Waals surface area contributed by atoms with Crippen molar-refractivity contribution in [3.05, 3.63) is 23.8 Å². The molecule has 0 unspecified atom stereocenters. The van der Waals surface area contributed by atoms with Gasteiger partial charge in [-0.15, -0.1) is 0 Å². The Morgan fingerprint density at radius 3 is 2.72 bits per heavy atom. The van der Waals surface area contributed by atoms with Crippen molar-refractivity contribution in [3.63, 3.8) is 0 Å². The highest BCUT2D eigenvalue weighted by Crippen LogP contribution is 2.25. The molecule has 0 bridgehead atoms. The molecule has 0 aliphatic carbocycles. The lowest BCUT2D eigenvalue weighted by atomic mass is 10.1. The SMILES string of the molecule is CC(=O)Nc1ccc(C)c(NC2CCSCC2)c1. The molecular weight excluding hydrogens is 244 g/mol. The van der Waals surface area contributed by atoms with E-state index in [0.717, 1.165) is 11.4 Å². The Kier molecular flexibility index (Phi) is 4.53. The molecule has 1 aliphatic rings. The summed E-state index contributed by atoms with van der Waals surface area (Å²) in [5.74, 6) is 2.45. The highest BCUT2D eigenvalue weighted by Gasteiger charge is 2.14. The normalized spacial score (nSPS) is 16.3. The number of aryl methyl sites for hydroxylation is 1. The number of carbonyl (C=O) groups is 1. The molecule has 1 aliphatic heterocycles. The van der Waals surface area contributed by atoms with E-state index < -0.39 is 0 Å². The number of nitrogens with one attached hydrogen (secondary N) is 2. The Morgan fingerprint density at radius 2 is 2.06 bits per heavy atom. The number of rotatable bonds is 3. The number of hydrogen-bond acceptors (Lipinski definition) is 3. The standard InChI is InChI=1S/C14H20N2OS/c1-10-3-4-13(15-11(2)17)9-14(10)16-12-5-7-18-8-6-12/h3-4,9,12,16H,5-8H2,1-2H3,(H,15,17). The first-order valence-corrected chi connectivity index (χ1v) is 7.53. The van der Waals surface area contributed by atoms with Gasteiger partial charge in [-0.05, 0) is 49.0 Å². The van der Waals surface area contributed by atoms with Crippen molar-refractivity contribution in [3.8, 4) is 0 Å². The predicted molar refractivity (Wildman–Crippen MR) is 79.5 cm³/mol. The van der Waals surface area contributed by atoms with Gasteiger partial charge in [0, 0.05) is 24.3 Å². The Bertz CT molecular complexity index is 428. The van der Waals surface area contributed by atoms with Crippen molar-refractivity contribution in [2.24, 2.45) is 0 Å². The van der Waals surface area contributed by atoms with Gasteiger partial charge in [-0.1, -0.05) is 6.07 Å². The largest absolute Gasteiger partial charge is 0.382 e. The maximum Gasteiger partial charge on any atom is 0.221 e. The van der Waals surface area contributed by atoms with E-state index in [-0.39, 0.29) is 5.91 Å². The van der Waals surface area contributed by atoms with Gasteiger partial charge in [-0.3, -0.25) is 4.79 Å². The summed E-state index contributed by atoms with van der Waals surface area (Å²) < 4.78 is 0. The topological polar surface area (TPSA) is 41.1 Å². The molecule has 3 nitrogen and oxygen atoms in total. The molecule has 1 fully saturated rings. The average Bonchev–Trinajstić information content (AvgIpc) is 2.34. The smallest absolute Gasteiger partial charge is 0.221 e. The fourth-order valence-corrected chi connectivity index (χ4v) is 3.23. The molecule has 0 saturated carbocycles. The fraction of sp³-hybridized carbons (Fsp3) is 0.500. The molecule has 0 aromatic heterocycles. The summed E-state index contributed by atoms with van der Waals surface area (Å²) in [6.45, 7) is 3.63. The number of amides is 1. The molecule has 1 heterocycles. The lowest BCUT2D eigenvalue weighted by molar-refractivity contribution is -0.114. The van der Waals surface area contributed by atoms with E-state index in [1.165, 1.54) is 36.8 Å². The number of benzene rings is 1. The molecule has 1 aromatic rings. The molecule has 1 aromatic carbocycles. The number of carbonyl (C=O) groups excluding carboxylic acids is 1. The summed E-state index contributed by atoms with van der Waals surface area (Å²) in [4.78, 5) is 11.1. The summed E-state index contributed by atoms with van der Waals surface area (Å²) in [5.41, 5.74) is 3.22. The van der Waals surface area contributed by atoms with E-state index in [4.69, 9.17) is 0 Å². The van der Waals surface area contributed by atoms with Crippen LogP contribution in [0.2, 0.25) is 0 Å². The van der Waals surface area contributed by atoms with Gasteiger partial charge >= 0.3 is 0 Å². The highest BCUT2D eigenvalue weighted by molar-refractivity contribution is 7.99. The third-order valence-electron chi connectivity index (χ3n) is 3.14. The maximum atomic E-state index is 11.1. The second-order valence-electron chi connectivity index (χ2n) is 4.74. The minimum Gasteiger partial charge on any atom is -0.382 e. The van der Waals surface area contributed by atoms with Gasteiger partial charge in [0.25, 0.3) is 0 Å². The van der Waals surface area contributed by atoms with Gasteiger partial charge in [-0.25, -0.2) is 0 Å². The van der Waals surface area contributed by atoms with Crippen LogP contribution in [0.15, 0.2) is 18.2 Å². The van der Waals surface area contributed by atoms with E-state index in [2.05, 4.69) is 17.6 Å². The number of hydrogen-bond donors (Lipinski definition) is 2. The van der Waals surface area contributed by atoms with Crippen LogP contribution >= 0.6 is 11.8 Å². The summed E-state index contributed by atoms with van der Waals surface area (Å²) in [5, 5.41) is 6.42. The third-order valence-corrected chi connectivity index (χ3v) is 4.19. The monoisotopic (exact) mass is 264 g/mol. The third kappa shape index (κ3) is 3.67. The predicted octanol–water partition coefficient (Wildman–Crippen LogP) is 3.26. The van der Waals surface area contributed by atoms with Gasteiger partial charge in [0.2, 0.25) is 5.91 Å². The van der Waals surface area contributed by atoms with Crippen molar-refractivity contribution < 1.29 is 4.79 Å². The Hall–Kier alpha value is -1.16. The molecule has 18 heavy (non-hydrogen) atoms. The summed E-state index contributed by atoms with van der Waals surface area (Å²) in [7, 11) is 0. The van der Waals surface area contributed by atoms with E-state index in [9.17, 15) is 4.79 Å². The van der Waals surface area contributed by atoms with E-state index in [1.807, 2.05) is 30.0 Å². The van der Waals surface area contributed by atoms with Crippen LogP contribution in [0.4, 0.5) is 11.4 Å². The second kappa shape index (κ2) is 6.14. The number of thioether (sulfide) groups is 1. The van der Waals surface area contributed by atoms with Crippen LogP contribution in [0, 0.1) is 6.92 Å². The molecule has 0 radical (unpaired) electrons. The molecule has 4 heteroatoms. The first kappa shape index (κ1) is 13.3. The van der Waals surface area contributed by atoms with Crippen LogP contribution in [0.3, 0.4) is 0 Å². The summed E-state index contributed by atoms with van der Waals surface area (Å²) in [6, 6.07) is 6.58. The van der Waals surface area contributed by atoms with Crippen LogP contribution in [0.25, 0.3) is 0 Å². The van der Waals surface area contributed by atoms with Crippen molar-refractivity contribution >= 4 is 29.0 Å². The van der Waals surface area contributed by atoms with Crippen LogP contribution in [-0.2, 0) is 4.79 Å². The zero-order chi connectivity index (χ0) is 13.0. The first-order chi connectivity index (χ1) is 8.65. The van der Waals surface area contributed by atoms with Crippen LogP contribution in [0.1, 0.15) is 25.3 Å². The van der Waals surface area contributed by atoms with Gasteiger partial charge in [0.15, 0.2) is 0 Å². The van der Waals surface area contributed by atoms with Crippen LogP contribution < -0.4 is 10.6 Å². The number of anilines is 2. The minimum atomic E-state index is -0.0288. The molecule has 0 spiro atoms. The fourth-order valence-electron chi connectivity index (χ4n) is 2.12. The van der Waals surface area contributed by atoms with Gasteiger partial charge in [-0.2, -0.15) is 11.8 Å². The molecule has 1 amide bonds. The zero-order valence-electron chi connectivity index (χ0n) is 11.0. The Labute approximate surface area is 113 Å².